The van der Waals surface area contributed by atoms with Crippen LogP contribution in [0.25, 0.3) is 0 Å². The van der Waals surface area contributed by atoms with Gasteiger partial charge in [-0.3, -0.25) is 9.69 Å². The second-order valence-corrected chi connectivity index (χ2v) is 8.33. The number of hydrogen-bond acceptors (Lipinski definition) is 5. The predicted molar refractivity (Wildman–Crippen MR) is 80.0 cm³/mol. The number of sulfone groups is 1. The normalized spacial score (nSPS) is 27.5. The molecule has 6 nitrogen and oxygen atoms in total. The van der Waals surface area contributed by atoms with Gasteiger partial charge in [0.05, 0.1) is 22.6 Å². The summed E-state index contributed by atoms with van der Waals surface area (Å²) in [7, 11) is -2.96. The second-order valence-electron chi connectivity index (χ2n) is 5.56. The zero-order valence-electron chi connectivity index (χ0n) is 11.3. The molecule has 0 spiro atoms. The van der Waals surface area contributed by atoms with Crippen LogP contribution in [0, 0.1) is 5.92 Å². The highest BCUT2D eigenvalue weighted by Crippen LogP contribution is 2.33. The molecule has 1 N–H and O–H groups in total. The van der Waals surface area contributed by atoms with Crippen molar-refractivity contribution in [2.75, 3.05) is 30.7 Å². The van der Waals surface area contributed by atoms with Crippen molar-refractivity contribution in [3.63, 3.8) is 0 Å². The minimum absolute atomic E-state index is 0.177. The van der Waals surface area contributed by atoms with Crippen LogP contribution in [0.2, 0.25) is 5.02 Å². The number of carbonyl (C=O) groups excluding carboxylic acids is 1. The number of amides is 1. The van der Waals surface area contributed by atoms with Crippen molar-refractivity contribution in [3.8, 4) is 0 Å². The number of nitrogens with zero attached hydrogens (tertiary/aromatic N) is 2. The minimum atomic E-state index is -2.96. The fourth-order valence-electron chi connectivity index (χ4n) is 3.04. The molecule has 21 heavy (non-hydrogen) atoms. The van der Waals surface area contributed by atoms with Gasteiger partial charge in [-0.2, -0.15) is 0 Å². The number of pyridine rings is 1. The lowest BCUT2D eigenvalue weighted by molar-refractivity contribution is -0.117. The predicted octanol–water partition coefficient (Wildman–Crippen LogP) is 0.792. The Balaban J connectivity index is 1.56. The molecule has 0 aliphatic carbocycles. The van der Waals surface area contributed by atoms with Crippen LogP contribution in [0.5, 0.6) is 0 Å². The molecule has 0 unspecified atom stereocenters. The van der Waals surface area contributed by atoms with E-state index in [1.807, 2.05) is 4.90 Å². The summed E-state index contributed by atoms with van der Waals surface area (Å²) in [5.41, 5.74) is 0. The average Bonchev–Trinajstić information content (AvgIpc) is 2.93. The highest BCUT2D eigenvalue weighted by molar-refractivity contribution is 7.92. The number of nitrogens with one attached hydrogen (secondary N) is 1. The van der Waals surface area contributed by atoms with Crippen LogP contribution in [-0.2, 0) is 14.6 Å². The summed E-state index contributed by atoms with van der Waals surface area (Å²) in [6.45, 7) is 1.31. The van der Waals surface area contributed by atoms with Gasteiger partial charge in [-0.15, -0.1) is 0 Å². The van der Waals surface area contributed by atoms with E-state index in [0.29, 0.717) is 30.4 Å². The van der Waals surface area contributed by atoms with Crippen molar-refractivity contribution in [2.24, 2.45) is 5.92 Å². The van der Waals surface area contributed by atoms with E-state index in [9.17, 15) is 13.2 Å². The maximum absolute atomic E-state index is 12.0. The van der Waals surface area contributed by atoms with Gasteiger partial charge in [0.25, 0.3) is 0 Å². The smallest absolute Gasteiger partial charge is 0.239 e. The second kappa shape index (κ2) is 5.55. The molecule has 2 aliphatic rings. The van der Waals surface area contributed by atoms with E-state index in [2.05, 4.69) is 10.3 Å². The molecule has 2 atom stereocenters. The van der Waals surface area contributed by atoms with Gasteiger partial charge in [0.15, 0.2) is 9.84 Å². The fourth-order valence-corrected chi connectivity index (χ4v) is 5.33. The maximum atomic E-state index is 12.0. The van der Waals surface area contributed by atoms with Gasteiger partial charge in [-0.25, -0.2) is 13.4 Å². The van der Waals surface area contributed by atoms with E-state index in [1.165, 1.54) is 6.20 Å². The Kier molecular flexibility index (Phi) is 3.90. The van der Waals surface area contributed by atoms with Crippen molar-refractivity contribution >= 4 is 33.2 Å². The number of halogens is 1. The number of likely N-dealkylation sites (tertiary alicyclic amines) is 1. The Morgan fingerprint density at radius 2 is 2.24 bits per heavy atom. The zero-order chi connectivity index (χ0) is 15.0. The van der Waals surface area contributed by atoms with Gasteiger partial charge >= 0.3 is 0 Å². The topological polar surface area (TPSA) is 79.4 Å². The first kappa shape index (κ1) is 14.7. The van der Waals surface area contributed by atoms with Gasteiger partial charge < -0.3 is 5.32 Å². The first-order chi connectivity index (χ1) is 9.94. The summed E-state index contributed by atoms with van der Waals surface area (Å²) >= 11 is 5.73. The van der Waals surface area contributed by atoms with Gasteiger partial charge in [0.2, 0.25) is 5.91 Å². The molecular weight excluding hydrogens is 314 g/mol. The summed E-state index contributed by atoms with van der Waals surface area (Å²) in [6.07, 6.45) is 2.17. The van der Waals surface area contributed by atoms with Gasteiger partial charge in [-0.05, 0) is 24.5 Å². The molecule has 114 valence electrons. The van der Waals surface area contributed by atoms with E-state index >= 15 is 0 Å². The third-order valence-corrected chi connectivity index (χ3v) is 6.54. The molecule has 8 heteroatoms. The Bertz CT molecular complexity index is 647. The van der Waals surface area contributed by atoms with Crippen molar-refractivity contribution in [3.05, 3.63) is 23.4 Å². The lowest BCUT2D eigenvalue weighted by Crippen LogP contribution is -2.34. The van der Waals surface area contributed by atoms with Gasteiger partial charge in [0, 0.05) is 19.3 Å². The Labute approximate surface area is 128 Å². The van der Waals surface area contributed by atoms with E-state index in [-0.39, 0.29) is 29.4 Å². The summed E-state index contributed by atoms with van der Waals surface area (Å²) in [5.74, 6) is 0.715. The lowest BCUT2D eigenvalue weighted by atomic mass is 10.1. The third kappa shape index (κ3) is 3.20. The molecule has 0 bridgehead atoms. The number of aromatic nitrogens is 1. The summed E-state index contributed by atoms with van der Waals surface area (Å²) < 4.78 is 23.7. The molecule has 1 amide bonds. The van der Waals surface area contributed by atoms with Crippen molar-refractivity contribution in [1.82, 2.24) is 9.88 Å². The number of hydrogen-bond donors (Lipinski definition) is 1. The standard InChI is InChI=1S/C13H16ClN3O3S/c14-10-1-2-12(15-5-10)16-13(18)8-17-6-9-3-4-21(19,20)11(9)7-17/h1-2,5,9,11H,3-4,6-8H2,(H,15,16,18)/t9-,11+/m0/s1. The van der Waals surface area contributed by atoms with Crippen molar-refractivity contribution < 1.29 is 13.2 Å². The van der Waals surface area contributed by atoms with Crippen LogP contribution >= 0.6 is 11.6 Å². The van der Waals surface area contributed by atoms with E-state index in [0.717, 1.165) is 0 Å². The van der Waals surface area contributed by atoms with Crippen LogP contribution in [0.15, 0.2) is 18.3 Å². The molecule has 0 radical (unpaired) electrons. The van der Waals surface area contributed by atoms with Gasteiger partial charge in [0.1, 0.15) is 5.82 Å². The minimum Gasteiger partial charge on any atom is -0.310 e. The summed E-state index contributed by atoms with van der Waals surface area (Å²) in [5, 5.41) is 2.90. The molecule has 3 heterocycles. The van der Waals surface area contributed by atoms with Crippen LogP contribution in [0.4, 0.5) is 5.82 Å². The number of rotatable bonds is 3. The van der Waals surface area contributed by atoms with E-state index in [1.54, 1.807) is 12.1 Å². The van der Waals surface area contributed by atoms with Crippen LogP contribution in [-0.4, -0.2) is 54.8 Å². The molecule has 3 rings (SSSR count). The highest BCUT2D eigenvalue weighted by Gasteiger charge is 2.46. The first-order valence-corrected chi connectivity index (χ1v) is 8.89. The Morgan fingerprint density at radius 1 is 1.43 bits per heavy atom. The highest BCUT2D eigenvalue weighted by atomic mass is 35.5. The summed E-state index contributed by atoms with van der Waals surface area (Å²) in [6, 6.07) is 3.28. The molecule has 0 saturated carbocycles. The SMILES string of the molecule is O=C(CN1C[C@@H]2CCS(=O)(=O)[C@@H]2C1)Nc1ccc(Cl)cn1. The average molecular weight is 330 g/mol. The van der Waals surface area contributed by atoms with E-state index in [4.69, 9.17) is 11.6 Å². The molecule has 1 aromatic rings. The summed E-state index contributed by atoms with van der Waals surface area (Å²) in [4.78, 5) is 17.9. The monoisotopic (exact) mass is 329 g/mol. The lowest BCUT2D eigenvalue weighted by Gasteiger charge is -2.15. The zero-order valence-corrected chi connectivity index (χ0v) is 12.9. The third-order valence-electron chi connectivity index (χ3n) is 4.05. The Morgan fingerprint density at radius 3 is 2.90 bits per heavy atom. The molecule has 2 aliphatic heterocycles. The molecule has 0 aromatic carbocycles. The first-order valence-electron chi connectivity index (χ1n) is 6.79. The van der Waals surface area contributed by atoms with Crippen LogP contribution in [0.1, 0.15) is 6.42 Å². The molecule has 2 saturated heterocycles. The van der Waals surface area contributed by atoms with Crippen molar-refractivity contribution in [2.45, 2.75) is 11.7 Å². The fraction of sp³-hybridized carbons (Fsp3) is 0.538. The Hall–Kier alpha value is -1.18. The van der Waals surface area contributed by atoms with Crippen molar-refractivity contribution in [1.29, 1.82) is 0 Å². The van der Waals surface area contributed by atoms with Gasteiger partial charge in [-0.1, -0.05) is 11.6 Å². The molecule has 1 aromatic heterocycles. The maximum Gasteiger partial charge on any atom is 0.239 e. The number of anilines is 1. The molecular formula is C13H16ClN3O3S. The number of carbonyl (C=O) groups is 1. The van der Waals surface area contributed by atoms with E-state index < -0.39 is 9.84 Å². The largest absolute Gasteiger partial charge is 0.310 e. The number of fused-ring (bicyclic) bond motifs is 1. The van der Waals surface area contributed by atoms with Crippen LogP contribution in [0.3, 0.4) is 0 Å². The van der Waals surface area contributed by atoms with Crippen LogP contribution < -0.4 is 5.32 Å². The quantitative estimate of drug-likeness (QED) is 0.887. The molecule has 2 fully saturated rings.